The minimum Gasteiger partial charge on any atom is -0.489 e. The molecule has 2 aromatic rings. The zero-order chi connectivity index (χ0) is 15.9. The molecule has 1 heterocycles. The fraction of sp³-hybridized carbons (Fsp3) is 0.333. The molecule has 8 heteroatoms. The van der Waals surface area contributed by atoms with Gasteiger partial charge in [-0.3, -0.25) is 9.48 Å². The number of hydrogen-bond donors (Lipinski definition) is 2. The number of aryl methyl sites for hydroxylation is 1. The minimum absolute atomic E-state index is 0. The fourth-order valence-electron chi connectivity index (χ4n) is 2.04. The second-order valence-corrected chi connectivity index (χ2v) is 4.74. The van der Waals surface area contributed by atoms with Gasteiger partial charge in [0.2, 0.25) is 5.91 Å². The molecule has 2 rings (SSSR count). The van der Waals surface area contributed by atoms with E-state index in [2.05, 4.69) is 15.7 Å². The van der Waals surface area contributed by atoms with Crippen LogP contribution in [0.2, 0.25) is 0 Å². The summed E-state index contributed by atoms with van der Waals surface area (Å²) >= 11 is 0. The van der Waals surface area contributed by atoms with Crippen molar-refractivity contribution >= 4 is 18.3 Å². The van der Waals surface area contributed by atoms with Crippen LogP contribution < -0.4 is 15.4 Å². The molecule has 0 radical (unpaired) electrons. The highest BCUT2D eigenvalue weighted by Gasteiger charge is 2.19. The summed E-state index contributed by atoms with van der Waals surface area (Å²) in [6, 6.07) is 5.67. The fourth-order valence-corrected chi connectivity index (χ4v) is 2.04. The number of nitrogens with zero attached hydrogens (tertiary/aromatic N) is 2. The molecular weight excluding hydrogens is 323 g/mol. The second kappa shape index (κ2) is 9.12. The lowest BCUT2D eigenvalue weighted by Crippen LogP contribution is -2.37. The lowest BCUT2D eigenvalue weighted by molar-refractivity contribution is -0.123. The summed E-state index contributed by atoms with van der Waals surface area (Å²) in [6.45, 7) is 0.474. The van der Waals surface area contributed by atoms with E-state index in [1.807, 2.05) is 0 Å². The van der Waals surface area contributed by atoms with Crippen LogP contribution in [0.1, 0.15) is 11.6 Å². The van der Waals surface area contributed by atoms with E-state index in [-0.39, 0.29) is 37.2 Å². The molecule has 0 bridgehead atoms. The van der Waals surface area contributed by atoms with Crippen molar-refractivity contribution in [2.24, 2.45) is 7.05 Å². The van der Waals surface area contributed by atoms with Gasteiger partial charge in [0.05, 0.1) is 12.7 Å². The van der Waals surface area contributed by atoms with E-state index in [1.165, 1.54) is 6.07 Å². The molecule has 0 spiro atoms. The molecule has 2 N–H and O–H groups in total. The van der Waals surface area contributed by atoms with Crippen molar-refractivity contribution in [3.8, 4) is 5.75 Å². The van der Waals surface area contributed by atoms with E-state index in [9.17, 15) is 9.18 Å². The Balaban J connectivity index is 0.00000264. The summed E-state index contributed by atoms with van der Waals surface area (Å²) in [4.78, 5) is 12.1. The van der Waals surface area contributed by atoms with Crippen LogP contribution in [0.3, 0.4) is 0 Å². The van der Waals surface area contributed by atoms with Crippen molar-refractivity contribution in [1.82, 2.24) is 20.4 Å². The maximum absolute atomic E-state index is 13.4. The molecule has 1 aromatic carbocycles. The number of hydrogen-bond acceptors (Lipinski definition) is 4. The molecule has 1 atom stereocenters. The Morgan fingerprint density at radius 2 is 2.17 bits per heavy atom. The van der Waals surface area contributed by atoms with Gasteiger partial charge in [0, 0.05) is 18.8 Å². The Morgan fingerprint density at radius 3 is 2.78 bits per heavy atom. The van der Waals surface area contributed by atoms with Gasteiger partial charge in [-0.1, -0.05) is 12.1 Å². The van der Waals surface area contributed by atoms with Crippen molar-refractivity contribution in [3.63, 3.8) is 0 Å². The number of halogens is 2. The van der Waals surface area contributed by atoms with E-state index in [1.54, 1.807) is 49.4 Å². The smallest absolute Gasteiger partial charge is 0.241 e. The summed E-state index contributed by atoms with van der Waals surface area (Å²) in [7, 11) is 3.49. The highest BCUT2D eigenvalue weighted by molar-refractivity contribution is 5.85. The number of rotatable bonds is 7. The molecule has 0 aliphatic carbocycles. The predicted molar refractivity (Wildman–Crippen MR) is 87.2 cm³/mol. The Bertz CT molecular complexity index is 635. The molecular formula is C15H20ClFN4O2. The van der Waals surface area contributed by atoms with Crippen LogP contribution in [0, 0.1) is 5.82 Å². The third kappa shape index (κ3) is 5.22. The van der Waals surface area contributed by atoms with Crippen molar-refractivity contribution in [1.29, 1.82) is 0 Å². The number of nitrogens with one attached hydrogen (secondary N) is 2. The number of carbonyl (C=O) groups excluding carboxylic acids is 1. The monoisotopic (exact) mass is 342 g/mol. The molecule has 23 heavy (non-hydrogen) atoms. The van der Waals surface area contributed by atoms with E-state index in [4.69, 9.17) is 4.74 Å². The SMILES string of the molecule is CNC(C(=O)NCCOc1ccccc1F)c1cnn(C)c1.Cl. The Kier molecular flexibility index (Phi) is 7.50. The first kappa shape index (κ1) is 18.9. The predicted octanol–water partition coefficient (Wildman–Crippen LogP) is 1.44. The molecule has 1 unspecified atom stereocenters. The van der Waals surface area contributed by atoms with E-state index in [0.29, 0.717) is 0 Å². The third-order valence-electron chi connectivity index (χ3n) is 3.10. The summed E-state index contributed by atoms with van der Waals surface area (Å²) in [5.74, 6) is -0.431. The van der Waals surface area contributed by atoms with Crippen LogP contribution in [0.4, 0.5) is 4.39 Å². The standard InChI is InChI=1S/C15H19FN4O2.ClH/c1-17-14(11-9-19-20(2)10-11)15(21)18-7-8-22-13-6-4-3-5-12(13)16;/h3-6,9-10,14,17H,7-8H2,1-2H3,(H,18,21);1H. The van der Waals surface area contributed by atoms with Gasteiger partial charge in [-0.05, 0) is 19.2 Å². The van der Waals surface area contributed by atoms with E-state index < -0.39 is 11.9 Å². The first-order chi connectivity index (χ1) is 10.6. The van der Waals surface area contributed by atoms with Gasteiger partial charge in [0.15, 0.2) is 11.6 Å². The first-order valence-electron chi connectivity index (χ1n) is 6.92. The number of carbonyl (C=O) groups is 1. The molecule has 0 saturated heterocycles. The van der Waals surface area contributed by atoms with Crippen molar-refractivity contribution < 1.29 is 13.9 Å². The van der Waals surface area contributed by atoms with Gasteiger partial charge >= 0.3 is 0 Å². The largest absolute Gasteiger partial charge is 0.489 e. The Hall–Kier alpha value is -2.12. The van der Waals surface area contributed by atoms with E-state index in [0.717, 1.165) is 5.56 Å². The number of aromatic nitrogens is 2. The normalized spacial score (nSPS) is 11.4. The molecule has 126 valence electrons. The van der Waals surface area contributed by atoms with Crippen molar-refractivity contribution in [2.45, 2.75) is 6.04 Å². The van der Waals surface area contributed by atoms with Gasteiger partial charge in [-0.25, -0.2) is 4.39 Å². The Labute approximate surface area is 140 Å². The maximum Gasteiger partial charge on any atom is 0.241 e. The number of benzene rings is 1. The molecule has 0 fully saturated rings. The van der Waals surface area contributed by atoms with Gasteiger partial charge in [0.1, 0.15) is 12.6 Å². The quantitative estimate of drug-likeness (QED) is 0.747. The number of likely N-dealkylation sites (N-methyl/N-ethyl adjacent to an activating group) is 1. The minimum atomic E-state index is -0.484. The maximum atomic E-state index is 13.4. The Morgan fingerprint density at radius 1 is 1.43 bits per heavy atom. The van der Waals surface area contributed by atoms with Gasteiger partial charge in [0.25, 0.3) is 0 Å². The van der Waals surface area contributed by atoms with Crippen LogP contribution in [-0.2, 0) is 11.8 Å². The highest BCUT2D eigenvalue weighted by atomic mass is 35.5. The van der Waals surface area contributed by atoms with Crippen LogP contribution in [0.5, 0.6) is 5.75 Å². The van der Waals surface area contributed by atoms with Crippen LogP contribution in [0.25, 0.3) is 0 Å². The molecule has 0 saturated carbocycles. The molecule has 1 amide bonds. The van der Waals surface area contributed by atoms with Gasteiger partial charge in [-0.2, -0.15) is 5.10 Å². The van der Waals surface area contributed by atoms with Crippen molar-refractivity contribution in [2.75, 3.05) is 20.2 Å². The molecule has 1 aromatic heterocycles. The van der Waals surface area contributed by atoms with Gasteiger partial charge < -0.3 is 15.4 Å². The average Bonchev–Trinajstić information content (AvgIpc) is 2.92. The van der Waals surface area contributed by atoms with Crippen LogP contribution >= 0.6 is 12.4 Å². The lowest BCUT2D eigenvalue weighted by atomic mass is 10.1. The summed E-state index contributed by atoms with van der Waals surface area (Å²) < 4.78 is 20.3. The lowest BCUT2D eigenvalue weighted by Gasteiger charge is -2.15. The van der Waals surface area contributed by atoms with Crippen LogP contribution in [0.15, 0.2) is 36.7 Å². The summed E-state index contributed by atoms with van der Waals surface area (Å²) in [6.07, 6.45) is 3.41. The molecule has 6 nitrogen and oxygen atoms in total. The molecule has 0 aliphatic rings. The second-order valence-electron chi connectivity index (χ2n) is 4.74. The summed E-state index contributed by atoms with van der Waals surface area (Å²) in [5, 5.41) is 9.72. The van der Waals surface area contributed by atoms with Gasteiger partial charge in [-0.15, -0.1) is 12.4 Å². The zero-order valence-electron chi connectivity index (χ0n) is 13.0. The van der Waals surface area contributed by atoms with Crippen molar-refractivity contribution in [3.05, 3.63) is 48.0 Å². The number of amides is 1. The summed E-state index contributed by atoms with van der Waals surface area (Å²) in [5.41, 5.74) is 0.775. The number of ether oxygens (including phenoxy) is 1. The highest BCUT2D eigenvalue weighted by Crippen LogP contribution is 2.15. The van der Waals surface area contributed by atoms with Crippen LogP contribution in [-0.4, -0.2) is 35.9 Å². The average molecular weight is 343 g/mol. The topological polar surface area (TPSA) is 68.2 Å². The zero-order valence-corrected chi connectivity index (χ0v) is 13.8. The molecule has 0 aliphatic heterocycles. The third-order valence-corrected chi connectivity index (χ3v) is 3.10. The number of para-hydroxylation sites is 1. The van der Waals surface area contributed by atoms with E-state index >= 15 is 0 Å². The first-order valence-corrected chi connectivity index (χ1v) is 6.92.